The predicted octanol–water partition coefficient (Wildman–Crippen LogP) is 0.977. The summed E-state index contributed by atoms with van der Waals surface area (Å²) in [5.74, 6) is -0.0937. The van der Waals surface area contributed by atoms with E-state index in [4.69, 9.17) is 4.74 Å². The molecular formula is C18H33N3O4S. The molecule has 1 heterocycles. The summed E-state index contributed by atoms with van der Waals surface area (Å²) in [6.45, 7) is 5.38. The Labute approximate surface area is 157 Å². The largest absolute Gasteiger partial charge is 0.379 e. The van der Waals surface area contributed by atoms with Crippen LogP contribution in [0.3, 0.4) is 0 Å². The molecule has 2 rings (SSSR count). The summed E-state index contributed by atoms with van der Waals surface area (Å²) in [4.78, 5) is 14.3. The summed E-state index contributed by atoms with van der Waals surface area (Å²) in [6, 6.07) is 0. The fourth-order valence-corrected chi connectivity index (χ4v) is 4.18. The van der Waals surface area contributed by atoms with Gasteiger partial charge in [0.1, 0.15) is 0 Å². The first-order valence-corrected chi connectivity index (χ1v) is 11.5. The number of amides is 1. The van der Waals surface area contributed by atoms with E-state index in [1.54, 1.807) is 0 Å². The highest BCUT2D eigenvalue weighted by molar-refractivity contribution is 7.88. The Morgan fingerprint density at radius 1 is 1.27 bits per heavy atom. The second-order valence-corrected chi connectivity index (χ2v) is 9.06. The minimum absolute atomic E-state index is 0.0937. The van der Waals surface area contributed by atoms with Crippen molar-refractivity contribution in [2.45, 2.75) is 38.5 Å². The SMILES string of the molecule is CS(=O)(=O)N(CCC(=O)NCCN1CCOCC1)CCC1=CCCCC1. The molecule has 0 radical (unpaired) electrons. The van der Waals surface area contributed by atoms with Gasteiger partial charge in [0.25, 0.3) is 0 Å². The van der Waals surface area contributed by atoms with Gasteiger partial charge in [-0.1, -0.05) is 11.6 Å². The first-order chi connectivity index (χ1) is 12.4. The molecule has 1 saturated heterocycles. The zero-order valence-corrected chi connectivity index (χ0v) is 16.7. The van der Waals surface area contributed by atoms with Gasteiger partial charge in [-0.25, -0.2) is 12.7 Å². The molecule has 0 saturated carbocycles. The standard InChI is InChI=1S/C18H33N3O4S/c1-26(23,24)21(10-7-17-5-3-2-4-6-17)11-8-18(22)19-9-12-20-13-15-25-16-14-20/h5H,2-4,6-16H2,1H3,(H,19,22). The molecule has 8 heteroatoms. The van der Waals surface area contributed by atoms with E-state index in [-0.39, 0.29) is 18.9 Å². The lowest BCUT2D eigenvalue weighted by molar-refractivity contribution is -0.121. The van der Waals surface area contributed by atoms with E-state index < -0.39 is 10.0 Å². The van der Waals surface area contributed by atoms with Crippen molar-refractivity contribution in [3.05, 3.63) is 11.6 Å². The molecule has 0 aromatic heterocycles. The lowest BCUT2D eigenvalue weighted by Crippen LogP contribution is -2.42. The lowest BCUT2D eigenvalue weighted by Gasteiger charge is -2.26. The highest BCUT2D eigenvalue weighted by Gasteiger charge is 2.18. The van der Waals surface area contributed by atoms with Gasteiger partial charge in [0.15, 0.2) is 0 Å². The lowest BCUT2D eigenvalue weighted by atomic mass is 9.97. The number of nitrogens with one attached hydrogen (secondary N) is 1. The van der Waals surface area contributed by atoms with Gasteiger partial charge >= 0.3 is 0 Å². The van der Waals surface area contributed by atoms with Crippen molar-refractivity contribution in [2.24, 2.45) is 0 Å². The van der Waals surface area contributed by atoms with Crippen LogP contribution in [0.25, 0.3) is 0 Å². The summed E-state index contributed by atoms with van der Waals surface area (Å²) >= 11 is 0. The quantitative estimate of drug-likeness (QED) is 0.565. The molecule has 7 nitrogen and oxygen atoms in total. The molecule has 2 aliphatic rings. The fraction of sp³-hybridized carbons (Fsp3) is 0.833. The average molecular weight is 388 g/mol. The number of carbonyl (C=O) groups excluding carboxylic acids is 1. The zero-order valence-electron chi connectivity index (χ0n) is 15.9. The Hall–Kier alpha value is -0.960. The highest BCUT2D eigenvalue weighted by atomic mass is 32.2. The van der Waals surface area contributed by atoms with Gasteiger partial charge in [-0.2, -0.15) is 0 Å². The van der Waals surface area contributed by atoms with Crippen LogP contribution in [-0.2, 0) is 19.6 Å². The predicted molar refractivity (Wildman–Crippen MR) is 102 cm³/mol. The van der Waals surface area contributed by atoms with Gasteiger partial charge in [0.2, 0.25) is 15.9 Å². The van der Waals surface area contributed by atoms with Crippen LogP contribution in [0.2, 0.25) is 0 Å². The van der Waals surface area contributed by atoms with E-state index in [1.807, 2.05) is 0 Å². The molecule has 0 aromatic carbocycles. The monoisotopic (exact) mass is 387 g/mol. The van der Waals surface area contributed by atoms with E-state index in [0.29, 0.717) is 13.1 Å². The summed E-state index contributed by atoms with van der Waals surface area (Å²) < 4.78 is 30.7. The van der Waals surface area contributed by atoms with Gasteiger partial charge in [-0.3, -0.25) is 9.69 Å². The minimum atomic E-state index is -3.30. The number of allylic oxidation sites excluding steroid dienone is 1. The third-order valence-electron chi connectivity index (χ3n) is 4.98. The minimum Gasteiger partial charge on any atom is -0.379 e. The van der Waals surface area contributed by atoms with Crippen molar-refractivity contribution in [3.63, 3.8) is 0 Å². The molecule has 0 bridgehead atoms. The molecule has 0 atom stereocenters. The van der Waals surface area contributed by atoms with Crippen molar-refractivity contribution in [1.82, 2.24) is 14.5 Å². The number of ether oxygens (including phenoxy) is 1. The third kappa shape index (κ3) is 8.16. The van der Waals surface area contributed by atoms with Crippen LogP contribution >= 0.6 is 0 Å². The third-order valence-corrected chi connectivity index (χ3v) is 6.28. The Kier molecular flexibility index (Phi) is 9.04. The number of carbonyl (C=O) groups is 1. The van der Waals surface area contributed by atoms with Crippen LogP contribution in [0, 0.1) is 0 Å². The Morgan fingerprint density at radius 2 is 2.04 bits per heavy atom. The number of morpholine rings is 1. The van der Waals surface area contributed by atoms with E-state index in [1.165, 1.54) is 29.0 Å². The molecule has 0 aromatic rings. The fourth-order valence-electron chi connectivity index (χ4n) is 3.34. The van der Waals surface area contributed by atoms with Gasteiger partial charge in [-0.05, 0) is 32.1 Å². The van der Waals surface area contributed by atoms with Gasteiger partial charge in [-0.15, -0.1) is 0 Å². The second kappa shape index (κ2) is 11.0. The van der Waals surface area contributed by atoms with Crippen molar-refractivity contribution in [2.75, 3.05) is 58.7 Å². The molecule has 1 N–H and O–H groups in total. The molecule has 26 heavy (non-hydrogen) atoms. The first kappa shape index (κ1) is 21.3. The van der Waals surface area contributed by atoms with Gasteiger partial charge in [0, 0.05) is 45.7 Å². The number of hydrogen-bond donors (Lipinski definition) is 1. The van der Waals surface area contributed by atoms with Crippen LogP contribution in [-0.4, -0.2) is 82.3 Å². The number of sulfonamides is 1. The van der Waals surface area contributed by atoms with Crippen molar-refractivity contribution in [1.29, 1.82) is 0 Å². The molecule has 0 spiro atoms. The second-order valence-electron chi connectivity index (χ2n) is 7.07. The number of nitrogens with zero attached hydrogens (tertiary/aromatic N) is 2. The Morgan fingerprint density at radius 3 is 2.69 bits per heavy atom. The Balaban J connectivity index is 1.68. The van der Waals surface area contributed by atoms with Crippen molar-refractivity contribution < 1.29 is 17.9 Å². The summed E-state index contributed by atoms with van der Waals surface area (Å²) in [7, 11) is -3.30. The summed E-state index contributed by atoms with van der Waals surface area (Å²) in [6.07, 6.45) is 9.02. The van der Waals surface area contributed by atoms with Crippen LogP contribution < -0.4 is 5.32 Å². The molecule has 150 valence electrons. The topological polar surface area (TPSA) is 79.0 Å². The van der Waals surface area contributed by atoms with E-state index in [0.717, 1.165) is 52.1 Å². The van der Waals surface area contributed by atoms with E-state index in [2.05, 4.69) is 16.3 Å². The van der Waals surface area contributed by atoms with Gasteiger partial charge in [0.05, 0.1) is 19.5 Å². The van der Waals surface area contributed by atoms with Crippen LogP contribution in [0.15, 0.2) is 11.6 Å². The van der Waals surface area contributed by atoms with Crippen molar-refractivity contribution in [3.8, 4) is 0 Å². The van der Waals surface area contributed by atoms with Crippen LogP contribution in [0.5, 0.6) is 0 Å². The highest BCUT2D eigenvalue weighted by Crippen LogP contribution is 2.20. The zero-order chi connectivity index (χ0) is 18.8. The average Bonchev–Trinajstić information content (AvgIpc) is 2.62. The molecule has 1 aliphatic heterocycles. The molecule has 1 fully saturated rings. The maximum atomic E-state index is 12.0. The maximum Gasteiger partial charge on any atom is 0.221 e. The van der Waals surface area contributed by atoms with Crippen LogP contribution in [0.4, 0.5) is 0 Å². The maximum absolute atomic E-state index is 12.0. The molecule has 0 unspecified atom stereocenters. The first-order valence-electron chi connectivity index (χ1n) is 9.65. The van der Waals surface area contributed by atoms with Crippen LogP contribution in [0.1, 0.15) is 38.5 Å². The van der Waals surface area contributed by atoms with E-state index in [9.17, 15) is 13.2 Å². The van der Waals surface area contributed by atoms with Crippen molar-refractivity contribution >= 4 is 15.9 Å². The number of hydrogen-bond acceptors (Lipinski definition) is 5. The molecular weight excluding hydrogens is 354 g/mol. The summed E-state index contributed by atoms with van der Waals surface area (Å²) in [5.41, 5.74) is 1.35. The summed E-state index contributed by atoms with van der Waals surface area (Å²) in [5, 5.41) is 2.89. The smallest absolute Gasteiger partial charge is 0.221 e. The number of rotatable bonds is 10. The van der Waals surface area contributed by atoms with Gasteiger partial charge < -0.3 is 10.1 Å². The normalized spacial score (nSPS) is 19.4. The molecule has 1 amide bonds. The van der Waals surface area contributed by atoms with E-state index >= 15 is 0 Å². The Bertz CT molecular complexity index is 571. The molecule has 1 aliphatic carbocycles.